The minimum atomic E-state index is 0.518. The van der Waals surface area contributed by atoms with E-state index in [-0.39, 0.29) is 0 Å². The predicted molar refractivity (Wildman–Crippen MR) is 86.0 cm³/mol. The highest BCUT2D eigenvalue weighted by Crippen LogP contribution is 2.17. The average molecular weight is 292 g/mol. The molecule has 1 aromatic rings. The Morgan fingerprint density at radius 1 is 1.38 bits per heavy atom. The highest BCUT2D eigenvalue weighted by atomic mass is 15.3. The number of hydrogen-bond donors (Lipinski definition) is 3. The van der Waals surface area contributed by atoms with E-state index in [1.807, 2.05) is 11.6 Å². The maximum Gasteiger partial charge on any atom is 0.205 e. The van der Waals surface area contributed by atoms with Gasteiger partial charge in [-0.05, 0) is 39.2 Å². The normalized spacial score (nSPS) is 17.0. The number of guanidine groups is 1. The van der Waals surface area contributed by atoms with Crippen LogP contribution in [0.1, 0.15) is 49.9 Å². The Bertz CT molecular complexity index is 459. The molecule has 0 bridgehead atoms. The molecular formula is C15H28N6. The lowest BCUT2D eigenvalue weighted by Gasteiger charge is -2.24. The molecule has 1 aliphatic rings. The molecule has 4 N–H and O–H groups in total. The van der Waals surface area contributed by atoms with Crippen LogP contribution in [0, 0.1) is 13.8 Å². The van der Waals surface area contributed by atoms with Crippen LogP contribution in [0.4, 0.5) is 0 Å². The molecule has 1 heterocycles. The van der Waals surface area contributed by atoms with Crippen molar-refractivity contribution in [3.05, 3.63) is 17.5 Å². The van der Waals surface area contributed by atoms with E-state index in [1.165, 1.54) is 37.8 Å². The fourth-order valence-corrected chi connectivity index (χ4v) is 2.89. The molecule has 0 radical (unpaired) electrons. The van der Waals surface area contributed by atoms with Gasteiger partial charge in [0.15, 0.2) is 0 Å². The molecule has 0 spiro atoms. The molecule has 6 heteroatoms. The summed E-state index contributed by atoms with van der Waals surface area (Å²) in [6, 6.07) is 2.62. The van der Waals surface area contributed by atoms with Gasteiger partial charge in [-0.2, -0.15) is 5.10 Å². The number of aryl methyl sites for hydroxylation is 3. The van der Waals surface area contributed by atoms with E-state index in [4.69, 9.17) is 5.84 Å². The second kappa shape index (κ2) is 8.02. The van der Waals surface area contributed by atoms with Gasteiger partial charge in [-0.15, -0.1) is 0 Å². The Hall–Kier alpha value is -1.56. The Labute approximate surface area is 127 Å². The largest absolute Gasteiger partial charge is 0.353 e. The fraction of sp³-hybridized carbons (Fsp3) is 0.733. The van der Waals surface area contributed by atoms with Gasteiger partial charge in [0.1, 0.15) is 0 Å². The summed E-state index contributed by atoms with van der Waals surface area (Å²) in [5.74, 6) is 6.27. The molecule has 0 atom stereocenters. The van der Waals surface area contributed by atoms with Crippen LogP contribution in [0.2, 0.25) is 0 Å². The zero-order valence-corrected chi connectivity index (χ0v) is 13.2. The van der Waals surface area contributed by atoms with E-state index in [9.17, 15) is 0 Å². The van der Waals surface area contributed by atoms with E-state index in [1.54, 1.807) is 0 Å². The van der Waals surface area contributed by atoms with E-state index < -0.39 is 0 Å². The lowest BCUT2D eigenvalue weighted by Crippen LogP contribution is -2.47. The van der Waals surface area contributed by atoms with Crippen LogP contribution >= 0.6 is 0 Å². The van der Waals surface area contributed by atoms with Crippen molar-refractivity contribution in [3.8, 4) is 0 Å². The molecule has 21 heavy (non-hydrogen) atoms. The van der Waals surface area contributed by atoms with Gasteiger partial charge < -0.3 is 5.32 Å². The van der Waals surface area contributed by atoms with Crippen LogP contribution < -0.4 is 16.6 Å². The second-order valence-corrected chi connectivity index (χ2v) is 5.86. The summed E-state index contributed by atoms with van der Waals surface area (Å²) in [5.41, 5.74) is 4.95. The minimum absolute atomic E-state index is 0.518. The number of aliphatic imine (C=N–C) groups is 1. The Balaban J connectivity index is 1.74. The number of hydrogen-bond acceptors (Lipinski definition) is 3. The van der Waals surface area contributed by atoms with Crippen LogP contribution in [-0.2, 0) is 6.54 Å². The standard InChI is InChI=1S/C15H28N6/c1-12-11-13(2)21(20-12)10-6-9-17-15(19-16)18-14-7-4-3-5-8-14/h11,14H,3-10,16H2,1-2H3,(H2,17,18,19). The fourth-order valence-electron chi connectivity index (χ4n) is 2.89. The summed E-state index contributed by atoms with van der Waals surface area (Å²) < 4.78 is 2.04. The molecule has 118 valence electrons. The SMILES string of the molecule is Cc1cc(C)n(CCCN=C(NN)NC2CCCCC2)n1. The monoisotopic (exact) mass is 292 g/mol. The predicted octanol–water partition coefficient (Wildman–Crippen LogP) is 1.63. The summed E-state index contributed by atoms with van der Waals surface area (Å²) in [7, 11) is 0. The van der Waals surface area contributed by atoms with Crippen LogP contribution in [0.15, 0.2) is 11.1 Å². The lowest BCUT2D eigenvalue weighted by molar-refractivity contribution is 0.410. The van der Waals surface area contributed by atoms with Crippen molar-refractivity contribution in [2.45, 2.75) is 65.0 Å². The zero-order chi connectivity index (χ0) is 15.1. The summed E-state index contributed by atoms with van der Waals surface area (Å²) >= 11 is 0. The number of nitrogens with one attached hydrogen (secondary N) is 2. The summed E-state index contributed by atoms with van der Waals surface area (Å²) in [6.45, 7) is 5.75. The molecule has 1 aromatic heterocycles. The molecule has 0 aliphatic heterocycles. The summed E-state index contributed by atoms with van der Waals surface area (Å²) in [6.07, 6.45) is 7.34. The van der Waals surface area contributed by atoms with Crippen molar-refractivity contribution in [3.63, 3.8) is 0 Å². The van der Waals surface area contributed by atoms with Crippen molar-refractivity contribution in [2.24, 2.45) is 10.8 Å². The van der Waals surface area contributed by atoms with Gasteiger partial charge in [0.2, 0.25) is 5.96 Å². The van der Waals surface area contributed by atoms with E-state index in [2.05, 4.69) is 33.8 Å². The van der Waals surface area contributed by atoms with Gasteiger partial charge in [-0.1, -0.05) is 19.3 Å². The first-order chi connectivity index (χ1) is 10.2. The van der Waals surface area contributed by atoms with Crippen molar-refractivity contribution >= 4 is 5.96 Å². The van der Waals surface area contributed by atoms with E-state index >= 15 is 0 Å². The molecule has 6 nitrogen and oxygen atoms in total. The molecule has 1 aliphatic carbocycles. The van der Waals surface area contributed by atoms with Crippen molar-refractivity contribution in [2.75, 3.05) is 6.54 Å². The number of hydrazine groups is 1. The first-order valence-electron chi connectivity index (χ1n) is 7.97. The Kier molecular flexibility index (Phi) is 6.04. The number of aromatic nitrogens is 2. The first-order valence-corrected chi connectivity index (χ1v) is 7.97. The smallest absolute Gasteiger partial charge is 0.205 e. The molecule has 0 unspecified atom stereocenters. The molecular weight excluding hydrogens is 264 g/mol. The molecule has 1 fully saturated rings. The lowest BCUT2D eigenvalue weighted by atomic mass is 9.96. The van der Waals surface area contributed by atoms with Gasteiger partial charge in [-0.3, -0.25) is 15.1 Å². The minimum Gasteiger partial charge on any atom is -0.353 e. The third-order valence-corrected chi connectivity index (χ3v) is 3.98. The molecule has 0 aromatic carbocycles. The van der Waals surface area contributed by atoms with Crippen LogP contribution in [0.5, 0.6) is 0 Å². The highest BCUT2D eigenvalue weighted by molar-refractivity contribution is 5.79. The summed E-state index contributed by atoms with van der Waals surface area (Å²) in [5, 5.41) is 7.86. The maximum absolute atomic E-state index is 5.55. The van der Waals surface area contributed by atoms with E-state index in [0.29, 0.717) is 6.04 Å². The van der Waals surface area contributed by atoms with Gasteiger partial charge in [0.25, 0.3) is 0 Å². The third kappa shape index (κ3) is 5.04. The maximum atomic E-state index is 5.55. The average Bonchev–Trinajstić information content (AvgIpc) is 2.81. The number of rotatable bonds is 5. The molecule has 0 amide bonds. The number of nitrogens with two attached hydrogens (primary N) is 1. The van der Waals surface area contributed by atoms with Crippen molar-refractivity contribution < 1.29 is 0 Å². The number of nitrogens with zero attached hydrogens (tertiary/aromatic N) is 3. The molecule has 0 saturated heterocycles. The zero-order valence-electron chi connectivity index (χ0n) is 13.2. The van der Waals surface area contributed by atoms with E-state index in [0.717, 1.165) is 31.2 Å². The third-order valence-electron chi connectivity index (χ3n) is 3.98. The van der Waals surface area contributed by atoms with Crippen molar-refractivity contribution in [1.82, 2.24) is 20.5 Å². The molecule has 1 saturated carbocycles. The topological polar surface area (TPSA) is 80.3 Å². The van der Waals surface area contributed by atoms with Crippen LogP contribution in [0.3, 0.4) is 0 Å². The van der Waals surface area contributed by atoms with Crippen molar-refractivity contribution in [1.29, 1.82) is 0 Å². The quantitative estimate of drug-likeness (QED) is 0.253. The van der Waals surface area contributed by atoms with Gasteiger partial charge >= 0.3 is 0 Å². The Morgan fingerprint density at radius 2 is 2.14 bits per heavy atom. The van der Waals surface area contributed by atoms with Gasteiger partial charge in [0, 0.05) is 24.8 Å². The van der Waals surface area contributed by atoms with Crippen LogP contribution in [-0.4, -0.2) is 28.3 Å². The highest BCUT2D eigenvalue weighted by Gasteiger charge is 2.13. The molecule has 2 rings (SSSR count). The van der Waals surface area contributed by atoms with Gasteiger partial charge in [0.05, 0.1) is 5.69 Å². The van der Waals surface area contributed by atoms with Gasteiger partial charge in [-0.25, -0.2) is 5.84 Å². The first kappa shape index (κ1) is 15.8. The Morgan fingerprint density at radius 3 is 2.76 bits per heavy atom. The second-order valence-electron chi connectivity index (χ2n) is 5.86. The summed E-state index contributed by atoms with van der Waals surface area (Å²) in [4.78, 5) is 4.52. The van der Waals surface area contributed by atoms with Crippen LogP contribution in [0.25, 0.3) is 0 Å².